The second-order valence-corrected chi connectivity index (χ2v) is 3.42. The molecule has 0 saturated carbocycles. The Hall–Kier alpha value is -0.540. The average Bonchev–Trinajstić information content (AvgIpc) is 2.36. The fourth-order valence-electron chi connectivity index (χ4n) is 1.19. The van der Waals surface area contributed by atoms with Crippen molar-refractivity contribution in [3.05, 3.63) is 27.7 Å². The molecule has 1 aromatic carbocycles. The second kappa shape index (κ2) is 2.50. The van der Waals surface area contributed by atoms with Crippen molar-refractivity contribution in [1.82, 2.24) is 0 Å². The Morgan fingerprint density at radius 1 is 1.27 bits per heavy atom. The van der Waals surface area contributed by atoms with Gasteiger partial charge in [0.05, 0.1) is 17.7 Å². The van der Waals surface area contributed by atoms with Crippen LogP contribution in [0.4, 0.5) is 0 Å². The lowest BCUT2D eigenvalue weighted by Crippen LogP contribution is -1.81. The van der Waals surface area contributed by atoms with E-state index in [-0.39, 0.29) is 5.75 Å². The summed E-state index contributed by atoms with van der Waals surface area (Å²) in [7, 11) is 0. The number of hydrogen-bond acceptors (Lipinski definition) is 2. The highest BCUT2D eigenvalue weighted by Crippen LogP contribution is 2.31. The van der Waals surface area contributed by atoms with Gasteiger partial charge in [-0.15, -0.1) is 0 Å². The molecule has 1 aliphatic rings. The molecule has 0 unspecified atom stereocenters. The van der Waals surface area contributed by atoms with Gasteiger partial charge in [0.15, 0.2) is 0 Å². The summed E-state index contributed by atoms with van der Waals surface area (Å²) in [6, 6.07) is 3.64. The minimum atomic E-state index is 0.286. The topological polar surface area (TPSA) is 29.5 Å². The Morgan fingerprint density at radius 2 is 1.91 bits per heavy atom. The van der Waals surface area contributed by atoms with Crippen molar-refractivity contribution in [3.8, 4) is 5.75 Å². The van der Waals surface area contributed by atoms with Gasteiger partial charge in [0, 0.05) is 0 Å². The zero-order chi connectivity index (χ0) is 7.84. The molecule has 0 aliphatic carbocycles. The molecule has 2 rings (SSSR count). The van der Waals surface area contributed by atoms with Gasteiger partial charge in [0.1, 0.15) is 5.75 Å². The molecule has 1 heterocycles. The van der Waals surface area contributed by atoms with Crippen LogP contribution in [0.3, 0.4) is 0 Å². The number of rotatable bonds is 0. The third-order valence-electron chi connectivity index (χ3n) is 1.78. The van der Waals surface area contributed by atoms with Crippen LogP contribution in [0.1, 0.15) is 11.1 Å². The number of ether oxygens (including phenoxy) is 1. The van der Waals surface area contributed by atoms with Crippen molar-refractivity contribution in [2.24, 2.45) is 0 Å². The largest absolute Gasteiger partial charge is 0.507 e. The fourth-order valence-corrected chi connectivity index (χ4v) is 1.58. The SMILES string of the molecule is Oc1cc2c(cc1Br)COC2. The van der Waals surface area contributed by atoms with Crippen molar-refractivity contribution in [3.63, 3.8) is 0 Å². The summed E-state index contributed by atoms with van der Waals surface area (Å²) >= 11 is 3.24. The lowest BCUT2D eigenvalue weighted by atomic mass is 10.1. The zero-order valence-electron chi connectivity index (χ0n) is 5.80. The van der Waals surface area contributed by atoms with Crippen LogP contribution in [-0.2, 0) is 18.0 Å². The Bertz CT molecular complexity index is 267. The lowest BCUT2D eigenvalue weighted by Gasteiger charge is -1.99. The molecule has 1 aliphatic heterocycles. The van der Waals surface area contributed by atoms with E-state index >= 15 is 0 Å². The molecule has 3 heteroatoms. The van der Waals surface area contributed by atoms with Gasteiger partial charge >= 0.3 is 0 Å². The van der Waals surface area contributed by atoms with Crippen LogP contribution in [0, 0.1) is 0 Å². The molecule has 1 N–H and O–H groups in total. The first-order valence-corrected chi connectivity index (χ1v) is 4.14. The van der Waals surface area contributed by atoms with E-state index < -0.39 is 0 Å². The van der Waals surface area contributed by atoms with Crippen LogP contribution in [0.5, 0.6) is 5.75 Å². The Kier molecular flexibility index (Phi) is 1.62. The van der Waals surface area contributed by atoms with Crippen LogP contribution in [0.25, 0.3) is 0 Å². The molecule has 0 aromatic heterocycles. The van der Waals surface area contributed by atoms with E-state index in [2.05, 4.69) is 15.9 Å². The standard InChI is InChI=1S/C8H7BrO2/c9-7-1-5-3-11-4-6(5)2-8(7)10/h1-2,10H,3-4H2. The first kappa shape index (κ1) is 7.13. The third kappa shape index (κ3) is 1.14. The molecule has 0 amide bonds. The summed E-state index contributed by atoms with van der Waals surface area (Å²) in [6.07, 6.45) is 0. The highest BCUT2D eigenvalue weighted by molar-refractivity contribution is 9.10. The van der Waals surface area contributed by atoms with Gasteiger partial charge in [-0.1, -0.05) is 0 Å². The smallest absolute Gasteiger partial charge is 0.130 e. The Labute approximate surface area is 72.9 Å². The van der Waals surface area contributed by atoms with Crippen LogP contribution in [-0.4, -0.2) is 5.11 Å². The van der Waals surface area contributed by atoms with E-state index in [1.807, 2.05) is 6.07 Å². The normalized spacial score (nSPS) is 15.0. The molecule has 0 bridgehead atoms. The zero-order valence-corrected chi connectivity index (χ0v) is 7.39. The summed E-state index contributed by atoms with van der Waals surface area (Å²) in [5.41, 5.74) is 2.25. The minimum Gasteiger partial charge on any atom is -0.507 e. The van der Waals surface area contributed by atoms with Gasteiger partial charge < -0.3 is 9.84 Å². The lowest BCUT2D eigenvalue weighted by molar-refractivity contribution is 0.134. The Balaban J connectivity index is 2.57. The molecular formula is C8H7BrO2. The van der Waals surface area contributed by atoms with E-state index in [0.29, 0.717) is 13.2 Å². The van der Waals surface area contributed by atoms with Gasteiger partial charge in [0.2, 0.25) is 0 Å². The number of fused-ring (bicyclic) bond motifs is 1. The van der Waals surface area contributed by atoms with Crippen LogP contribution >= 0.6 is 15.9 Å². The van der Waals surface area contributed by atoms with Crippen LogP contribution < -0.4 is 0 Å². The highest BCUT2D eigenvalue weighted by atomic mass is 79.9. The molecule has 0 atom stereocenters. The molecule has 0 spiro atoms. The van der Waals surface area contributed by atoms with E-state index in [9.17, 15) is 5.11 Å². The molecule has 2 nitrogen and oxygen atoms in total. The molecule has 0 fully saturated rings. The molecule has 58 valence electrons. The predicted molar refractivity (Wildman–Crippen MR) is 44.3 cm³/mol. The Morgan fingerprint density at radius 3 is 2.64 bits per heavy atom. The van der Waals surface area contributed by atoms with Crippen molar-refractivity contribution in [2.75, 3.05) is 0 Å². The average molecular weight is 215 g/mol. The summed E-state index contributed by atoms with van der Waals surface area (Å²) in [6.45, 7) is 1.28. The fraction of sp³-hybridized carbons (Fsp3) is 0.250. The van der Waals surface area contributed by atoms with Crippen molar-refractivity contribution in [1.29, 1.82) is 0 Å². The molecule has 11 heavy (non-hydrogen) atoms. The summed E-state index contributed by atoms with van der Waals surface area (Å²) in [4.78, 5) is 0. The molecule has 0 saturated heterocycles. The number of halogens is 1. The number of hydrogen-bond donors (Lipinski definition) is 1. The van der Waals surface area contributed by atoms with Gasteiger partial charge in [-0.3, -0.25) is 0 Å². The number of aromatic hydroxyl groups is 1. The number of phenols is 1. The van der Waals surface area contributed by atoms with Crippen molar-refractivity contribution < 1.29 is 9.84 Å². The number of benzene rings is 1. The maximum absolute atomic E-state index is 9.28. The van der Waals surface area contributed by atoms with E-state index in [1.54, 1.807) is 6.07 Å². The van der Waals surface area contributed by atoms with E-state index in [4.69, 9.17) is 4.74 Å². The maximum atomic E-state index is 9.28. The van der Waals surface area contributed by atoms with Crippen molar-refractivity contribution in [2.45, 2.75) is 13.2 Å². The minimum absolute atomic E-state index is 0.286. The molecular weight excluding hydrogens is 208 g/mol. The van der Waals surface area contributed by atoms with Gasteiger partial charge in [-0.05, 0) is 39.2 Å². The van der Waals surface area contributed by atoms with Crippen LogP contribution in [0.2, 0.25) is 0 Å². The summed E-state index contributed by atoms with van der Waals surface area (Å²) in [5.74, 6) is 0.286. The van der Waals surface area contributed by atoms with Gasteiger partial charge in [-0.25, -0.2) is 0 Å². The number of phenolic OH excluding ortho intramolecular Hbond substituents is 1. The highest BCUT2D eigenvalue weighted by Gasteiger charge is 2.13. The maximum Gasteiger partial charge on any atom is 0.130 e. The van der Waals surface area contributed by atoms with Crippen LogP contribution in [0.15, 0.2) is 16.6 Å². The van der Waals surface area contributed by atoms with Crippen molar-refractivity contribution >= 4 is 15.9 Å². The van der Waals surface area contributed by atoms with Gasteiger partial charge in [-0.2, -0.15) is 0 Å². The third-order valence-corrected chi connectivity index (χ3v) is 2.42. The van der Waals surface area contributed by atoms with E-state index in [0.717, 1.165) is 15.6 Å². The first-order valence-electron chi connectivity index (χ1n) is 3.35. The monoisotopic (exact) mass is 214 g/mol. The first-order chi connectivity index (χ1) is 5.27. The van der Waals surface area contributed by atoms with Gasteiger partial charge in [0.25, 0.3) is 0 Å². The summed E-state index contributed by atoms with van der Waals surface area (Å²) in [5, 5.41) is 9.28. The predicted octanol–water partition coefficient (Wildman–Crippen LogP) is 2.18. The second-order valence-electron chi connectivity index (χ2n) is 2.57. The molecule has 0 radical (unpaired) electrons. The molecule has 1 aromatic rings. The summed E-state index contributed by atoms with van der Waals surface area (Å²) < 4.78 is 5.93. The van der Waals surface area contributed by atoms with E-state index in [1.165, 1.54) is 0 Å². The quantitative estimate of drug-likeness (QED) is 0.718.